The molecule has 0 aliphatic heterocycles. The first kappa shape index (κ1) is 14.9. The number of benzene rings is 1. The van der Waals surface area contributed by atoms with E-state index in [2.05, 4.69) is 10.2 Å². The Balaban J connectivity index is 2.38. The lowest BCUT2D eigenvalue weighted by Gasteiger charge is -2.14. The zero-order chi connectivity index (χ0) is 14.7. The normalized spacial score (nSPS) is 12.8. The summed E-state index contributed by atoms with van der Waals surface area (Å²) >= 11 is 1.39. The average molecular weight is 293 g/mol. The van der Waals surface area contributed by atoms with Crippen LogP contribution in [0.2, 0.25) is 0 Å². The van der Waals surface area contributed by atoms with Crippen molar-refractivity contribution in [2.75, 3.05) is 0 Å². The van der Waals surface area contributed by atoms with Gasteiger partial charge in [-0.1, -0.05) is 25.1 Å². The molecule has 6 heteroatoms. The summed E-state index contributed by atoms with van der Waals surface area (Å²) in [6.07, 6.45) is 0.145. The lowest BCUT2D eigenvalue weighted by Crippen LogP contribution is -2.19. The molecule has 0 fully saturated rings. The highest BCUT2D eigenvalue weighted by atomic mass is 32.2. The summed E-state index contributed by atoms with van der Waals surface area (Å²) in [5.74, 6) is 0. The minimum Gasteiger partial charge on any atom is -0.388 e. The van der Waals surface area contributed by atoms with Gasteiger partial charge in [0, 0.05) is 10.9 Å². The van der Waals surface area contributed by atoms with Crippen LogP contribution in [0, 0.1) is 0 Å². The smallest absolute Gasteiger partial charge is 0.344 e. The molecular weight excluding hydrogens is 274 g/mol. The van der Waals surface area contributed by atoms with Crippen molar-refractivity contribution in [2.24, 2.45) is 0 Å². The summed E-state index contributed by atoms with van der Waals surface area (Å²) in [6, 6.07) is 7.69. The molecule has 2 aromatic rings. The van der Waals surface area contributed by atoms with Gasteiger partial charge in [-0.25, -0.2) is 9.89 Å². The van der Waals surface area contributed by atoms with Crippen LogP contribution in [0.5, 0.6) is 0 Å². The molecule has 1 aromatic heterocycles. The van der Waals surface area contributed by atoms with Crippen LogP contribution in [0.25, 0.3) is 0 Å². The third-order valence-corrected chi connectivity index (χ3v) is 4.12. The summed E-state index contributed by atoms with van der Waals surface area (Å²) in [4.78, 5) is 12.6. The van der Waals surface area contributed by atoms with E-state index in [0.717, 1.165) is 10.5 Å². The van der Waals surface area contributed by atoms with Gasteiger partial charge in [0.2, 0.25) is 0 Å². The summed E-state index contributed by atoms with van der Waals surface area (Å²) < 4.78 is 1.61. The van der Waals surface area contributed by atoms with E-state index in [0.29, 0.717) is 11.6 Å². The molecule has 0 spiro atoms. The Morgan fingerprint density at radius 1 is 1.40 bits per heavy atom. The van der Waals surface area contributed by atoms with Gasteiger partial charge in [0.15, 0.2) is 5.16 Å². The number of aliphatic hydroxyl groups excluding tert-OH is 1. The van der Waals surface area contributed by atoms with Gasteiger partial charge >= 0.3 is 5.69 Å². The number of nitrogens with zero attached hydrogens (tertiary/aromatic N) is 2. The second-order valence-electron chi connectivity index (χ2n) is 4.84. The van der Waals surface area contributed by atoms with E-state index in [4.69, 9.17) is 0 Å². The van der Waals surface area contributed by atoms with Gasteiger partial charge in [-0.2, -0.15) is 0 Å². The molecule has 2 rings (SSSR count). The van der Waals surface area contributed by atoms with E-state index >= 15 is 0 Å². The monoisotopic (exact) mass is 293 g/mol. The van der Waals surface area contributed by atoms with Gasteiger partial charge in [-0.15, -0.1) is 5.10 Å². The number of rotatable bonds is 5. The summed E-state index contributed by atoms with van der Waals surface area (Å²) in [7, 11) is 0. The van der Waals surface area contributed by atoms with Crippen LogP contribution in [-0.2, 0) is 0 Å². The first-order valence-electron chi connectivity index (χ1n) is 6.66. The molecule has 1 atom stereocenters. The summed E-state index contributed by atoms with van der Waals surface area (Å²) in [6.45, 7) is 5.81. The summed E-state index contributed by atoms with van der Waals surface area (Å²) in [5, 5.41) is 17.2. The maximum Gasteiger partial charge on any atom is 0.344 e. The van der Waals surface area contributed by atoms with E-state index in [1.165, 1.54) is 11.8 Å². The first-order valence-corrected chi connectivity index (χ1v) is 7.48. The molecule has 0 unspecified atom stereocenters. The van der Waals surface area contributed by atoms with Crippen molar-refractivity contribution >= 4 is 11.8 Å². The number of aromatic amines is 1. The van der Waals surface area contributed by atoms with Crippen molar-refractivity contribution in [3.8, 4) is 0 Å². The molecule has 2 N–H and O–H groups in total. The number of nitrogens with one attached hydrogen (secondary N) is 1. The zero-order valence-electron chi connectivity index (χ0n) is 11.8. The van der Waals surface area contributed by atoms with Crippen molar-refractivity contribution in [3.05, 3.63) is 40.3 Å². The van der Waals surface area contributed by atoms with Crippen LogP contribution in [0.1, 0.15) is 44.9 Å². The Morgan fingerprint density at radius 2 is 2.10 bits per heavy atom. The van der Waals surface area contributed by atoms with Gasteiger partial charge in [0.1, 0.15) is 0 Å². The molecule has 108 valence electrons. The SMILES string of the molecule is CC[C@@H](O)c1ccccc1Sc1n[nH]c(=O)n1C(C)C. The molecule has 1 heterocycles. The Kier molecular flexibility index (Phi) is 4.67. The Labute approximate surface area is 122 Å². The second kappa shape index (κ2) is 6.28. The van der Waals surface area contributed by atoms with Crippen molar-refractivity contribution in [1.29, 1.82) is 0 Å². The van der Waals surface area contributed by atoms with Gasteiger partial charge in [-0.05, 0) is 43.7 Å². The molecule has 1 aromatic carbocycles. The Hall–Kier alpha value is -1.53. The van der Waals surface area contributed by atoms with Gasteiger partial charge in [0.25, 0.3) is 0 Å². The minimum absolute atomic E-state index is 0.0343. The zero-order valence-corrected chi connectivity index (χ0v) is 12.6. The average Bonchev–Trinajstić information content (AvgIpc) is 2.79. The maximum atomic E-state index is 11.7. The second-order valence-corrected chi connectivity index (χ2v) is 5.85. The van der Waals surface area contributed by atoms with Gasteiger partial charge in [0.05, 0.1) is 6.10 Å². The van der Waals surface area contributed by atoms with Gasteiger partial charge in [-0.3, -0.25) is 4.57 Å². The van der Waals surface area contributed by atoms with Crippen LogP contribution < -0.4 is 5.69 Å². The molecular formula is C14H19N3O2S. The van der Waals surface area contributed by atoms with Crippen LogP contribution >= 0.6 is 11.8 Å². The van der Waals surface area contributed by atoms with Crippen molar-refractivity contribution in [1.82, 2.24) is 14.8 Å². The predicted octanol–water partition coefficient (Wildman–Crippen LogP) is 2.75. The third kappa shape index (κ3) is 2.96. The molecule has 0 saturated carbocycles. The number of hydrogen-bond donors (Lipinski definition) is 2. The van der Waals surface area contributed by atoms with Crippen molar-refractivity contribution < 1.29 is 5.11 Å². The quantitative estimate of drug-likeness (QED) is 0.889. The van der Waals surface area contributed by atoms with Crippen LogP contribution in [-0.4, -0.2) is 19.9 Å². The fourth-order valence-electron chi connectivity index (χ4n) is 1.98. The molecule has 0 amide bonds. The van der Waals surface area contributed by atoms with E-state index in [1.54, 1.807) is 4.57 Å². The topological polar surface area (TPSA) is 70.9 Å². The fraction of sp³-hybridized carbons (Fsp3) is 0.429. The van der Waals surface area contributed by atoms with E-state index in [9.17, 15) is 9.90 Å². The van der Waals surface area contributed by atoms with Crippen molar-refractivity contribution in [3.63, 3.8) is 0 Å². The fourth-order valence-corrected chi connectivity index (χ4v) is 3.13. The largest absolute Gasteiger partial charge is 0.388 e. The van der Waals surface area contributed by atoms with Crippen molar-refractivity contribution in [2.45, 2.75) is 49.4 Å². The number of H-pyrrole nitrogens is 1. The lowest BCUT2D eigenvalue weighted by molar-refractivity contribution is 0.171. The number of aromatic nitrogens is 3. The number of aliphatic hydroxyl groups is 1. The summed E-state index contributed by atoms with van der Waals surface area (Å²) in [5.41, 5.74) is 0.654. The standard InChI is InChI=1S/C14H19N3O2S/c1-4-11(18)10-7-5-6-8-12(10)20-14-16-15-13(19)17(14)9(2)3/h5-9,11,18H,4H2,1-3H3,(H,15,19)/t11-/m1/s1. The Morgan fingerprint density at radius 3 is 2.75 bits per heavy atom. The molecule has 0 bridgehead atoms. The molecule has 0 aliphatic carbocycles. The number of hydrogen-bond acceptors (Lipinski definition) is 4. The third-order valence-electron chi connectivity index (χ3n) is 3.05. The molecule has 0 saturated heterocycles. The minimum atomic E-state index is -0.503. The highest BCUT2D eigenvalue weighted by molar-refractivity contribution is 7.99. The van der Waals surface area contributed by atoms with Crippen LogP contribution in [0.4, 0.5) is 0 Å². The van der Waals surface area contributed by atoms with Crippen LogP contribution in [0.3, 0.4) is 0 Å². The molecule has 20 heavy (non-hydrogen) atoms. The highest BCUT2D eigenvalue weighted by Crippen LogP contribution is 2.33. The van der Waals surface area contributed by atoms with E-state index in [-0.39, 0.29) is 11.7 Å². The van der Waals surface area contributed by atoms with E-state index in [1.807, 2.05) is 45.0 Å². The predicted molar refractivity (Wildman–Crippen MR) is 79.0 cm³/mol. The van der Waals surface area contributed by atoms with Crippen LogP contribution in [0.15, 0.2) is 39.1 Å². The molecule has 5 nitrogen and oxygen atoms in total. The first-order chi connectivity index (χ1) is 9.54. The highest BCUT2D eigenvalue weighted by Gasteiger charge is 2.16. The Bertz CT molecular complexity index is 633. The van der Waals surface area contributed by atoms with Gasteiger partial charge < -0.3 is 5.11 Å². The maximum absolute atomic E-state index is 11.7. The van der Waals surface area contributed by atoms with E-state index < -0.39 is 6.10 Å². The molecule has 0 aliphatic rings. The lowest BCUT2D eigenvalue weighted by atomic mass is 10.1. The molecule has 0 radical (unpaired) electrons.